The van der Waals surface area contributed by atoms with Crippen LogP contribution in [0.4, 0.5) is 0 Å². The minimum Gasteiger partial charge on any atom is -0.306 e. The fourth-order valence-electron chi connectivity index (χ4n) is 4.01. The highest BCUT2D eigenvalue weighted by Crippen LogP contribution is 2.26. The summed E-state index contributed by atoms with van der Waals surface area (Å²) in [6.07, 6.45) is 7.39. The first-order valence-electron chi connectivity index (χ1n) is 10.3. The molecular weight excluding hydrogens is 344 g/mol. The van der Waals surface area contributed by atoms with Crippen molar-refractivity contribution in [2.24, 2.45) is 0 Å². The molecule has 0 aliphatic rings. The number of rotatable bonds is 8. The number of benzene rings is 2. The van der Waals surface area contributed by atoms with Crippen LogP contribution >= 0.6 is 0 Å². The third kappa shape index (κ3) is 4.71. The van der Waals surface area contributed by atoms with Gasteiger partial charge in [-0.3, -0.25) is 9.36 Å². The zero-order valence-corrected chi connectivity index (χ0v) is 17.6. The summed E-state index contributed by atoms with van der Waals surface area (Å²) in [7, 11) is 4.26. The van der Waals surface area contributed by atoms with E-state index in [1.165, 1.54) is 22.1 Å². The molecule has 1 atom stereocenters. The fraction of sp³-hybridized carbons (Fsp3) is 0.400. The summed E-state index contributed by atoms with van der Waals surface area (Å²) in [6, 6.07) is 17.7. The van der Waals surface area contributed by atoms with E-state index in [4.69, 9.17) is 0 Å². The van der Waals surface area contributed by atoms with Crippen LogP contribution in [0, 0.1) is 0 Å². The van der Waals surface area contributed by atoms with E-state index in [9.17, 15) is 4.79 Å². The van der Waals surface area contributed by atoms with E-state index in [2.05, 4.69) is 74.4 Å². The molecule has 3 nitrogen and oxygen atoms in total. The van der Waals surface area contributed by atoms with Gasteiger partial charge in [0, 0.05) is 24.5 Å². The maximum atomic E-state index is 12.1. The van der Waals surface area contributed by atoms with Gasteiger partial charge in [0.1, 0.15) is 0 Å². The zero-order chi connectivity index (χ0) is 20.1. The largest absolute Gasteiger partial charge is 0.306 e. The molecule has 0 aliphatic carbocycles. The van der Waals surface area contributed by atoms with Crippen molar-refractivity contribution < 1.29 is 4.79 Å². The minimum atomic E-state index is 0.0750. The molecule has 0 unspecified atom stereocenters. The Morgan fingerprint density at radius 3 is 2.39 bits per heavy atom. The van der Waals surface area contributed by atoms with Crippen LogP contribution in [-0.2, 0) is 19.3 Å². The van der Waals surface area contributed by atoms with Crippen molar-refractivity contribution in [3.05, 3.63) is 71.4 Å². The molecular formula is C25H32N2O. The highest BCUT2D eigenvalue weighted by molar-refractivity contribution is 5.94. The maximum absolute atomic E-state index is 12.1. The molecule has 0 spiro atoms. The normalized spacial score (nSPS) is 12.6. The minimum absolute atomic E-state index is 0.0750. The summed E-state index contributed by atoms with van der Waals surface area (Å²) in [5.41, 5.74) is 5.05. The van der Waals surface area contributed by atoms with Crippen LogP contribution in [0.25, 0.3) is 10.9 Å². The quantitative estimate of drug-likeness (QED) is 0.529. The van der Waals surface area contributed by atoms with Gasteiger partial charge in [0.15, 0.2) is 0 Å². The van der Waals surface area contributed by atoms with Gasteiger partial charge in [0.05, 0.1) is 5.52 Å². The molecule has 0 bridgehead atoms. The standard InChI is InChI=1S/C25H32N2O/c1-5-23(26(3)4)17-22-18-27(19(2)28)25-15-14-21(16-24(22)25)13-9-12-20-10-7-6-8-11-20/h6-8,10-11,14-16,18,23H,5,9,12-13,17H2,1-4H3/t23-/m1/s1. The molecule has 0 saturated heterocycles. The topological polar surface area (TPSA) is 25.2 Å². The molecule has 3 aromatic rings. The van der Waals surface area contributed by atoms with E-state index >= 15 is 0 Å². The van der Waals surface area contributed by atoms with E-state index in [-0.39, 0.29) is 5.91 Å². The Bertz CT molecular complexity index is 924. The van der Waals surface area contributed by atoms with Gasteiger partial charge in [-0.1, -0.05) is 43.3 Å². The van der Waals surface area contributed by atoms with Gasteiger partial charge in [-0.05, 0) is 75.0 Å². The van der Waals surface area contributed by atoms with Crippen molar-refractivity contribution in [3.63, 3.8) is 0 Å². The highest BCUT2D eigenvalue weighted by Gasteiger charge is 2.16. The molecule has 2 aromatic carbocycles. The second-order valence-corrected chi connectivity index (χ2v) is 7.96. The molecule has 148 valence electrons. The lowest BCUT2D eigenvalue weighted by Gasteiger charge is -2.22. The summed E-state index contributed by atoms with van der Waals surface area (Å²) in [5, 5.41) is 1.23. The predicted molar refractivity (Wildman–Crippen MR) is 118 cm³/mol. The van der Waals surface area contributed by atoms with Crippen LogP contribution in [0.15, 0.2) is 54.7 Å². The molecule has 0 saturated carbocycles. The lowest BCUT2D eigenvalue weighted by atomic mass is 9.99. The van der Waals surface area contributed by atoms with Crippen molar-refractivity contribution in [2.75, 3.05) is 14.1 Å². The molecule has 0 aliphatic heterocycles. The predicted octanol–water partition coefficient (Wildman–Crippen LogP) is 5.36. The summed E-state index contributed by atoms with van der Waals surface area (Å²) < 4.78 is 1.81. The third-order valence-corrected chi connectivity index (χ3v) is 5.72. The Morgan fingerprint density at radius 2 is 1.75 bits per heavy atom. The number of hydrogen-bond acceptors (Lipinski definition) is 2. The van der Waals surface area contributed by atoms with Crippen LogP contribution in [-0.4, -0.2) is 35.5 Å². The number of carbonyl (C=O) groups is 1. The number of aryl methyl sites for hydroxylation is 2. The Hall–Kier alpha value is -2.39. The van der Waals surface area contributed by atoms with Gasteiger partial charge in [-0.2, -0.15) is 0 Å². The number of carbonyl (C=O) groups excluding carboxylic acids is 1. The van der Waals surface area contributed by atoms with E-state index in [0.29, 0.717) is 6.04 Å². The number of nitrogens with zero attached hydrogens (tertiary/aromatic N) is 2. The average Bonchev–Trinajstić information content (AvgIpc) is 3.05. The van der Waals surface area contributed by atoms with Crippen molar-refractivity contribution in [1.82, 2.24) is 9.47 Å². The molecule has 0 radical (unpaired) electrons. The van der Waals surface area contributed by atoms with Gasteiger partial charge in [0.2, 0.25) is 5.91 Å². The monoisotopic (exact) mass is 376 g/mol. The molecule has 1 aromatic heterocycles. The van der Waals surface area contributed by atoms with E-state index < -0.39 is 0 Å². The number of fused-ring (bicyclic) bond motifs is 1. The summed E-state index contributed by atoms with van der Waals surface area (Å²) in [4.78, 5) is 14.4. The Balaban J connectivity index is 1.83. The fourth-order valence-corrected chi connectivity index (χ4v) is 4.01. The highest BCUT2D eigenvalue weighted by atomic mass is 16.1. The number of likely N-dealkylation sites (N-methyl/N-ethyl adjacent to an activating group) is 1. The van der Waals surface area contributed by atoms with Gasteiger partial charge < -0.3 is 4.90 Å². The van der Waals surface area contributed by atoms with Gasteiger partial charge in [-0.25, -0.2) is 0 Å². The second-order valence-electron chi connectivity index (χ2n) is 7.96. The Labute approximate surface area is 169 Å². The second kappa shape index (κ2) is 9.20. The zero-order valence-electron chi connectivity index (χ0n) is 17.6. The van der Waals surface area contributed by atoms with Gasteiger partial charge in [0.25, 0.3) is 0 Å². The molecule has 3 heteroatoms. The van der Waals surface area contributed by atoms with E-state index in [0.717, 1.165) is 37.6 Å². The SMILES string of the molecule is CC[C@H](Cc1cn(C(C)=O)c2ccc(CCCc3ccccc3)cc12)N(C)C. The first-order chi connectivity index (χ1) is 13.5. The van der Waals surface area contributed by atoms with Crippen molar-refractivity contribution in [3.8, 4) is 0 Å². The summed E-state index contributed by atoms with van der Waals surface area (Å²) in [5.74, 6) is 0.0750. The van der Waals surface area contributed by atoms with Crippen LogP contribution in [0.1, 0.15) is 48.2 Å². The Morgan fingerprint density at radius 1 is 1.04 bits per heavy atom. The van der Waals surface area contributed by atoms with Crippen LogP contribution in [0.3, 0.4) is 0 Å². The van der Waals surface area contributed by atoms with Crippen molar-refractivity contribution in [1.29, 1.82) is 0 Å². The number of hydrogen-bond donors (Lipinski definition) is 0. The summed E-state index contributed by atoms with van der Waals surface area (Å²) in [6.45, 7) is 3.87. The van der Waals surface area contributed by atoms with Gasteiger partial charge >= 0.3 is 0 Å². The summed E-state index contributed by atoms with van der Waals surface area (Å²) >= 11 is 0. The molecule has 3 rings (SSSR count). The number of aromatic nitrogens is 1. The van der Waals surface area contributed by atoms with Crippen molar-refractivity contribution in [2.45, 2.75) is 52.0 Å². The smallest absolute Gasteiger partial charge is 0.227 e. The van der Waals surface area contributed by atoms with E-state index in [1.807, 2.05) is 6.20 Å². The average molecular weight is 377 g/mol. The lowest BCUT2D eigenvalue weighted by molar-refractivity contribution is 0.0941. The molecule has 0 fully saturated rings. The maximum Gasteiger partial charge on any atom is 0.227 e. The molecule has 0 N–H and O–H groups in total. The Kier molecular flexibility index (Phi) is 6.69. The first-order valence-corrected chi connectivity index (χ1v) is 10.3. The van der Waals surface area contributed by atoms with E-state index in [1.54, 1.807) is 11.5 Å². The molecule has 1 heterocycles. The van der Waals surface area contributed by atoms with Crippen LogP contribution < -0.4 is 0 Å². The van der Waals surface area contributed by atoms with Crippen molar-refractivity contribution >= 4 is 16.8 Å². The van der Waals surface area contributed by atoms with Crippen LogP contribution in [0.2, 0.25) is 0 Å². The van der Waals surface area contributed by atoms with Crippen LogP contribution in [0.5, 0.6) is 0 Å². The molecule has 0 amide bonds. The molecule has 28 heavy (non-hydrogen) atoms. The lowest BCUT2D eigenvalue weighted by Crippen LogP contribution is -2.29. The first kappa shape index (κ1) is 20.3. The van der Waals surface area contributed by atoms with Gasteiger partial charge in [-0.15, -0.1) is 0 Å². The third-order valence-electron chi connectivity index (χ3n) is 5.72.